The summed E-state index contributed by atoms with van der Waals surface area (Å²) in [6.07, 6.45) is 0. The van der Waals surface area contributed by atoms with Gasteiger partial charge in [0.2, 0.25) is 5.43 Å². The van der Waals surface area contributed by atoms with E-state index < -0.39 is 5.97 Å². The Morgan fingerprint density at radius 3 is 2.12 bits per heavy atom. The molecule has 33 heavy (non-hydrogen) atoms. The first-order chi connectivity index (χ1) is 16.0. The Morgan fingerprint density at radius 2 is 1.45 bits per heavy atom. The van der Waals surface area contributed by atoms with Crippen molar-refractivity contribution in [3.05, 3.63) is 82.2 Å². The molecule has 1 heterocycles. The SMILES string of the molecule is COc1ccccc1-c1c(C)oc2cc(OC(=O)c3c(OC)cccc3OC)ccc2c1=O. The van der Waals surface area contributed by atoms with E-state index >= 15 is 0 Å². The molecule has 0 fully saturated rings. The number of esters is 1. The Hall–Kier alpha value is -4.26. The Bertz CT molecular complexity index is 1380. The topological polar surface area (TPSA) is 84.2 Å². The molecule has 0 spiro atoms. The fraction of sp³-hybridized carbons (Fsp3) is 0.154. The number of hydrogen-bond donors (Lipinski definition) is 0. The standard InChI is InChI=1S/C26H22O7/c1-15-23(17-8-5-6-9-19(17)29-2)25(27)18-13-12-16(14-22(18)32-15)33-26(28)24-20(30-3)10-7-11-21(24)31-4/h5-14H,1-4H3. The first-order valence-electron chi connectivity index (χ1n) is 10.1. The number of methoxy groups -OCH3 is 3. The van der Waals surface area contributed by atoms with Crippen LogP contribution in [0.3, 0.4) is 0 Å². The van der Waals surface area contributed by atoms with Crippen LogP contribution in [-0.2, 0) is 0 Å². The molecular formula is C26H22O7. The molecule has 0 bridgehead atoms. The van der Waals surface area contributed by atoms with Crippen LogP contribution in [0.4, 0.5) is 0 Å². The smallest absolute Gasteiger partial charge is 0.351 e. The summed E-state index contributed by atoms with van der Waals surface area (Å²) >= 11 is 0. The van der Waals surface area contributed by atoms with Gasteiger partial charge in [0.15, 0.2) is 0 Å². The fourth-order valence-electron chi connectivity index (χ4n) is 3.72. The lowest BCUT2D eigenvalue weighted by Crippen LogP contribution is -2.12. The van der Waals surface area contributed by atoms with E-state index in [1.165, 1.54) is 20.3 Å². The van der Waals surface area contributed by atoms with Crippen molar-refractivity contribution in [2.45, 2.75) is 6.92 Å². The summed E-state index contributed by atoms with van der Waals surface area (Å²) in [5.41, 5.74) is 1.32. The summed E-state index contributed by atoms with van der Waals surface area (Å²) in [5.74, 6) is 1.20. The van der Waals surface area contributed by atoms with Crippen LogP contribution < -0.4 is 24.4 Å². The Labute approximate surface area is 190 Å². The zero-order valence-electron chi connectivity index (χ0n) is 18.6. The summed E-state index contributed by atoms with van der Waals surface area (Å²) in [5, 5.41) is 0.358. The number of benzene rings is 3. The van der Waals surface area contributed by atoms with Crippen LogP contribution in [0, 0.1) is 6.92 Å². The largest absolute Gasteiger partial charge is 0.496 e. The predicted molar refractivity (Wildman–Crippen MR) is 124 cm³/mol. The van der Waals surface area contributed by atoms with E-state index in [0.717, 1.165) is 0 Å². The first-order valence-corrected chi connectivity index (χ1v) is 10.1. The van der Waals surface area contributed by atoms with Gasteiger partial charge in [-0.05, 0) is 37.3 Å². The lowest BCUT2D eigenvalue weighted by Gasteiger charge is -2.13. The summed E-state index contributed by atoms with van der Waals surface area (Å²) in [4.78, 5) is 26.1. The second-order valence-corrected chi connectivity index (χ2v) is 7.15. The summed E-state index contributed by atoms with van der Waals surface area (Å²) in [6, 6.07) is 16.9. The molecule has 7 heteroatoms. The highest BCUT2D eigenvalue weighted by atomic mass is 16.5. The van der Waals surface area contributed by atoms with Gasteiger partial charge in [0.1, 0.15) is 39.9 Å². The Morgan fingerprint density at radius 1 is 0.818 bits per heavy atom. The number of rotatable bonds is 6. The van der Waals surface area contributed by atoms with Gasteiger partial charge in [-0.25, -0.2) is 4.79 Å². The highest BCUT2D eigenvalue weighted by Crippen LogP contribution is 2.33. The number of carbonyl (C=O) groups excluding carboxylic acids is 1. The van der Waals surface area contributed by atoms with Gasteiger partial charge in [0.25, 0.3) is 0 Å². The van der Waals surface area contributed by atoms with E-state index in [1.807, 2.05) is 12.1 Å². The molecule has 0 aliphatic heterocycles. The summed E-state index contributed by atoms with van der Waals surface area (Å²) in [6.45, 7) is 1.71. The number of para-hydroxylation sites is 1. The molecule has 3 aromatic carbocycles. The molecule has 0 atom stereocenters. The van der Waals surface area contributed by atoms with Crippen molar-refractivity contribution in [1.29, 1.82) is 0 Å². The van der Waals surface area contributed by atoms with Gasteiger partial charge in [-0.3, -0.25) is 4.79 Å². The van der Waals surface area contributed by atoms with Crippen LogP contribution in [0.5, 0.6) is 23.0 Å². The molecule has 0 unspecified atom stereocenters. The van der Waals surface area contributed by atoms with Crippen molar-refractivity contribution in [3.8, 4) is 34.1 Å². The molecule has 0 aliphatic rings. The van der Waals surface area contributed by atoms with Crippen molar-refractivity contribution in [1.82, 2.24) is 0 Å². The third-order valence-electron chi connectivity index (χ3n) is 5.26. The molecule has 4 rings (SSSR count). The van der Waals surface area contributed by atoms with Crippen LogP contribution >= 0.6 is 0 Å². The molecule has 0 saturated heterocycles. The molecule has 0 radical (unpaired) electrons. The van der Waals surface area contributed by atoms with Gasteiger partial charge in [-0.15, -0.1) is 0 Å². The second-order valence-electron chi connectivity index (χ2n) is 7.15. The minimum atomic E-state index is -0.659. The van der Waals surface area contributed by atoms with Crippen molar-refractivity contribution in [2.24, 2.45) is 0 Å². The summed E-state index contributed by atoms with van der Waals surface area (Å²) in [7, 11) is 4.46. The molecule has 4 aromatic rings. The van der Waals surface area contributed by atoms with Gasteiger partial charge in [-0.2, -0.15) is 0 Å². The molecule has 0 aliphatic carbocycles. The molecule has 168 valence electrons. The van der Waals surface area contributed by atoms with E-state index in [2.05, 4.69) is 0 Å². The second kappa shape index (κ2) is 9.08. The minimum Gasteiger partial charge on any atom is -0.496 e. The molecule has 0 saturated carbocycles. The van der Waals surface area contributed by atoms with Gasteiger partial charge in [-0.1, -0.05) is 24.3 Å². The predicted octanol–water partition coefficient (Wildman–Crippen LogP) is 5.01. The van der Waals surface area contributed by atoms with Gasteiger partial charge in [0.05, 0.1) is 32.3 Å². The monoisotopic (exact) mass is 446 g/mol. The zero-order valence-corrected chi connectivity index (χ0v) is 18.6. The quantitative estimate of drug-likeness (QED) is 0.304. The molecular weight excluding hydrogens is 424 g/mol. The molecule has 0 amide bonds. The molecule has 7 nitrogen and oxygen atoms in total. The van der Waals surface area contributed by atoms with E-state index in [4.69, 9.17) is 23.4 Å². The average Bonchev–Trinajstić information content (AvgIpc) is 2.83. The third-order valence-corrected chi connectivity index (χ3v) is 5.26. The van der Waals surface area contributed by atoms with Gasteiger partial charge in [0, 0.05) is 11.6 Å². The number of ether oxygens (including phenoxy) is 4. The van der Waals surface area contributed by atoms with E-state index in [-0.39, 0.29) is 16.7 Å². The number of fused-ring (bicyclic) bond motifs is 1. The lowest BCUT2D eigenvalue weighted by molar-refractivity contribution is 0.0727. The van der Waals surface area contributed by atoms with E-state index in [0.29, 0.717) is 45.1 Å². The maximum Gasteiger partial charge on any atom is 0.351 e. The van der Waals surface area contributed by atoms with Crippen LogP contribution in [0.2, 0.25) is 0 Å². The van der Waals surface area contributed by atoms with E-state index in [9.17, 15) is 9.59 Å². The van der Waals surface area contributed by atoms with Crippen LogP contribution in [0.1, 0.15) is 16.1 Å². The number of carbonyl (C=O) groups is 1. The number of hydrogen-bond acceptors (Lipinski definition) is 7. The maximum absolute atomic E-state index is 13.3. The average molecular weight is 446 g/mol. The normalized spacial score (nSPS) is 10.7. The van der Waals surface area contributed by atoms with Gasteiger partial charge < -0.3 is 23.4 Å². The first kappa shape index (κ1) is 22.0. The third kappa shape index (κ3) is 4.01. The van der Waals surface area contributed by atoms with Gasteiger partial charge >= 0.3 is 5.97 Å². The van der Waals surface area contributed by atoms with Crippen molar-refractivity contribution >= 4 is 16.9 Å². The maximum atomic E-state index is 13.3. The fourth-order valence-corrected chi connectivity index (χ4v) is 3.72. The van der Waals surface area contributed by atoms with Crippen molar-refractivity contribution in [3.63, 3.8) is 0 Å². The van der Waals surface area contributed by atoms with Crippen molar-refractivity contribution in [2.75, 3.05) is 21.3 Å². The molecule has 1 aromatic heterocycles. The molecule has 0 N–H and O–H groups in total. The van der Waals surface area contributed by atoms with Crippen molar-refractivity contribution < 1.29 is 28.2 Å². The highest BCUT2D eigenvalue weighted by molar-refractivity contribution is 5.97. The summed E-state index contributed by atoms with van der Waals surface area (Å²) < 4.78 is 27.4. The van der Waals surface area contributed by atoms with Crippen LogP contribution in [0.15, 0.2) is 69.9 Å². The minimum absolute atomic E-state index is 0.159. The highest BCUT2D eigenvalue weighted by Gasteiger charge is 2.22. The zero-order chi connectivity index (χ0) is 23.5. The Kier molecular flexibility index (Phi) is 6.04. The van der Waals surface area contributed by atoms with Crippen LogP contribution in [0.25, 0.3) is 22.1 Å². The van der Waals surface area contributed by atoms with E-state index in [1.54, 1.807) is 56.5 Å². The number of aryl methyl sites for hydroxylation is 1. The van der Waals surface area contributed by atoms with Crippen LogP contribution in [-0.4, -0.2) is 27.3 Å². The Balaban J connectivity index is 1.75. The lowest BCUT2D eigenvalue weighted by atomic mass is 10.0.